The summed E-state index contributed by atoms with van der Waals surface area (Å²) in [7, 11) is -2.62. The fourth-order valence-electron chi connectivity index (χ4n) is 3.05. The molecule has 1 atom stereocenters. The molecule has 2 aliphatic heterocycles. The SMILES string of the molecule is COc1ccc(Cl)cc1S(=O)(=O)Nc1cnc2c(c1)CN1C(=O)OC[C@H]1CO2. The molecule has 0 unspecified atom stereocenters. The van der Waals surface area contributed by atoms with Crippen molar-refractivity contribution in [3.8, 4) is 11.6 Å². The van der Waals surface area contributed by atoms with Crippen molar-refractivity contribution in [1.82, 2.24) is 9.88 Å². The number of ether oxygens (including phenoxy) is 3. The summed E-state index contributed by atoms with van der Waals surface area (Å²) in [5.74, 6) is 0.510. The number of nitrogens with zero attached hydrogens (tertiary/aromatic N) is 2. The van der Waals surface area contributed by atoms with Gasteiger partial charge in [-0.25, -0.2) is 18.2 Å². The number of hydrogen-bond donors (Lipinski definition) is 1. The largest absolute Gasteiger partial charge is 0.495 e. The number of amides is 1. The van der Waals surface area contributed by atoms with Gasteiger partial charge < -0.3 is 14.2 Å². The molecular weight excluding hydrogens is 410 g/mol. The van der Waals surface area contributed by atoms with E-state index in [9.17, 15) is 13.2 Å². The first kappa shape index (κ1) is 18.6. The van der Waals surface area contributed by atoms with Crippen LogP contribution in [0.15, 0.2) is 35.4 Å². The molecule has 0 bridgehead atoms. The van der Waals surface area contributed by atoms with E-state index in [0.717, 1.165) is 0 Å². The first-order valence-electron chi connectivity index (χ1n) is 8.29. The topological polar surface area (TPSA) is 107 Å². The minimum absolute atomic E-state index is 0.100. The predicted molar refractivity (Wildman–Crippen MR) is 99.2 cm³/mol. The molecule has 0 aliphatic carbocycles. The molecule has 1 aromatic carbocycles. The van der Waals surface area contributed by atoms with Gasteiger partial charge in [-0.2, -0.15) is 0 Å². The maximum Gasteiger partial charge on any atom is 0.410 e. The van der Waals surface area contributed by atoms with Crippen LogP contribution in [0.4, 0.5) is 10.5 Å². The van der Waals surface area contributed by atoms with E-state index in [1.165, 1.54) is 36.4 Å². The molecule has 1 fully saturated rings. The number of rotatable bonds is 4. The van der Waals surface area contributed by atoms with Crippen molar-refractivity contribution >= 4 is 33.4 Å². The first-order valence-corrected chi connectivity index (χ1v) is 10.1. The number of cyclic esters (lactones) is 1. The van der Waals surface area contributed by atoms with Crippen molar-refractivity contribution in [2.75, 3.05) is 25.0 Å². The summed E-state index contributed by atoms with van der Waals surface area (Å²) < 4.78 is 43.9. The van der Waals surface area contributed by atoms with Crippen molar-refractivity contribution in [2.24, 2.45) is 0 Å². The van der Waals surface area contributed by atoms with Crippen molar-refractivity contribution in [3.63, 3.8) is 0 Å². The van der Waals surface area contributed by atoms with E-state index >= 15 is 0 Å². The van der Waals surface area contributed by atoms with Crippen LogP contribution < -0.4 is 14.2 Å². The monoisotopic (exact) mass is 425 g/mol. The highest BCUT2D eigenvalue weighted by Gasteiger charge is 2.36. The quantitative estimate of drug-likeness (QED) is 0.800. The number of halogens is 1. The maximum absolute atomic E-state index is 12.8. The molecule has 4 rings (SSSR count). The predicted octanol–water partition coefficient (Wildman–Crippen LogP) is 2.26. The van der Waals surface area contributed by atoms with Gasteiger partial charge in [0.2, 0.25) is 5.88 Å². The number of hydrogen-bond acceptors (Lipinski definition) is 7. The summed E-state index contributed by atoms with van der Waals surface area (Å²) in [6, 6.07) is 5.68. The molecule has 11 heteroatoms. The van der Waals surface area contributed by atoms with Crippen molar-refractivity contribution < 1.29 is 27.4 Å². The van der Waals surface area contributed by atoms with Gasteiger partial charge in [-0.15, -0.1) is 0 Å². The van der Waals surface area contributed by atoms with Crippen molar-refractivity contribution in [2.45, 2.75) is 17.5 Å². The Morgan fingerprint density at radius 2 is 2.07 bits per heavy atom. The van der Waals surface area contributed by atoms with E-state index in [1.807, 2.05) is 0 Å². The van der Waals surface area contributed by atoms with Crippen LogP contribution in [0.3, 0.4) is 0 Å². The molecular formula is C17H16ClN3O6S. The lowest BCUT2D eigenvalue weighted by Crippen LogP contribution is -2.35. The zero-order valence-corrected chi connectivity index (χ0v) is 16.3. The number of aromatic nitrogens is 1. The zero-order chi connectivity index (χ0) is 19.9. The Morgan fingerprint density at radius 1 is 1.29 bits per heavy atom. The summed E-state index contributed by atoms with van der Waals surface area (Å²) in [5.41, 5.74) is 0.787. The fourth-order valence-corrected chi connectivity index (χ4v) is 4.51. The van der Waals surface area contributed by atoms with E-state index in [1.54, 1.807) is 6.07 Å². The average Bonchev–Trinajstić information content (AvgIpc) is 2.90. The van der Waals surface area contributed by atoms with Crippen LogP contribution in [0.1, 0.15) is 5.56 Å². The fraction of sp³-hybridized carbons (Fsp3) is 0.294. The summed E-state index contributed by atoms with van der Waals surface area (Å²) in [6.45, 7) is 0.722. The van der Waals surface area contributed by atoms with Crippen LogP contribution in [-0.4, -0.2) is 50.8 Å². The molecule has 2 aliphatic rings. The van der Waals surface area contributed by atoms with Crippen LogP contribution in [0.25, 0.3) is 0 Å². The zero-order valence-electron chi connectivity index (χ0n) is 14.7. The van der Waals surface area contributed by atoms with Crippen molar-refractivity contribution in [3.05, 3.63) is 41.0 Å². The second-order valence-electron chi connectivity index (χ2n) is 6.26. The van der Waals surface area contributed by atoms with E-state index in [2.05, 4.69) is 9.71 Å². The number of carbonyl (C=O) groups excluding carboxylic acids is 1. The van der Waals surface area contributed by atoms with Gasteiger partial charge in [0, 0.05) is 10.6 Å². The maximum atomic E-state index is 12.8. The number of anilines is 1. The third kappa shape index (κ3) is 3.40. The molecule has 0 spiro atoms. The van der Waals surface area contributed by atoms with Crippen LogP contribution in [0.5, 0.6) is 11.6 Å². The molecule has 1 amide bonds. The summed E-state index contributed by atoms with van der Waals surface area (Å²) >= 11 is 5.94. The molecule has 0 radical (unpaired) electrons. The van der Waals surface area contributed by atoms with Gasteiger partial charge in [0.25, 0.3) is 10.0 Å². The van der Waals surface area contributed by atoms with Gasteiger partial charge >= 0.3 is 6.09 Å². The van der Waals surface area contributed by atoms with E-state index < -0.39 is 16.1 Å². The Balaban J connectivity index is 1.64. The number of carbonyl (C=O) groups is 1. The third-order valence-corrected chi connectivity index (χ3v) is 6.06. The van der Waals surface area contributed by atoms with Gasteiger partial charge in [0.05, 0.1) is 25.5 Å². The van der Waals surface area contributed by atoms with E-state index in [4.69, 9.17) is 25.8 Å². The second kappa shape index (κ2) is 7.02. The van der Waals surface area contributed by atoms with Gasteiger partial charge in [-0.3, -0.25) is 9.62 Å². The molecule has 148 valence electrons. The van der Waals surface area contributed by atoms with Crippen LogP contribution in [0, 0.1) is 0 Å². The Bertz CT molecular complexity index is 1050. The highest BCUT2D eigenvalue weighted by atomic mass is 35.5. The molecule has 2 aromatic rings. The molecule has 1 saturated heterocycles. The highest BCUT2D eigenvalue weighted by Crippen LogP contribution is 2.31. The Morgan fingerprint density at radius 3 is 2.86 bits per heavy atom. The first-order chi connectivity index (χ1) is 13.4. The summed E-state index contributed by atoms with van der Waals surface area (Å²) in [6.07, 6.45) is 0.915. The second-order valence-corrected chi connectivity index (χ2v) is 8.35. The van der Waals surface area contributed by atoms with Crippen LogP contribution in [0.2, 0.25) is 5.02 Å². The molecule has 28 heavy (non-hydrogen) atoms. The standard InChI is InChI=1S/C17H16ClN3O6S/c1-25-14-3-2-11(18)5-15(14)28(23,24)20-12-4-10-7-21-13(9-27-17(21)22)8-26-16(10)19-6-12/h2-6,13,20H,7-9H2,1H3/t13-/m1/s1. The van der Waals surface area contributed by atoms with Gasteiger partial charge in [-0.1, -0.05) is 11.6 Å². The van der Waals surface area contributed by atoms with Gasteiger partial charge in [0.15, 0.2) is 0 Å². The summed E-state index contributed by atoms with van der Waals surface area (Å²) in [4.78, 5) is 17.5. The molecule has 1 N–H and O–H groups in total. The normalized spacial score (nSPS) is 18.4. The number of methoxy groups -OCH3 is 1. The number of sulfonamides is 1. The number of pyridine rings is 1. The number of benzene rings is 1. The summed E-state index contributed by atoms with van der Waals surface area (Å²) in [5, 5.41) is 0.258. The smallest absolute Gasteiger partial charge is 0.410 e. The van der Waals surface area contributed by atoms with Gasteiger partial charge in [-0.05, 0) is 24.3 Å². The van der Waals surface area contributed by atoms with Gasteiger partial charge in [0.1, 0.15) is 29.9 Å². The Hall–Kier alpha value is -2.72. The minimum Gasteiger partial charge on any atom is -0.495 e. The van der Waals surface area contributed by atoms with Crippen molar-refractivity contribution in [1.29, 1.82) is 0 Å². The molecule has 0 saturated carbocycles. The average molecular weight is 426 g/mol. The number of nitrogens with one attached hydrogen (secondary N) is 1. The lowest BCUT2D eigenvalue weighted by atomic mass is 10.2. The Labute approximate surface area is 166 Å². The highest BCUT2D eigenvalue weighted by molar-refractivity contribution is 7.92. The van der Waals surface area contributed by atoms with E-state index in [0.29, 0.717) is 11.4 Å². The van der Waals surface area contributed by atoms with E-state index in [-0.39, 0.29) is 47.2 Å². The molecule has 3 heterocycles. The lowest BCUT2D eigenvalue weighted by molar-refractivity contribution is 0.156. The minimum atomic E-state index is -3.99. The van der Waals surface area contributed by atoms with Crippen LogP contribution >= 0.6 is 11.6 Å². The third-order valence-electron chi connectivity index (χ3n) is 4.42. The molecule has 9 nitrogen and oxygen atoms in total. The lowest BCUT2D eigenvalue weighted by Gasteiger charge is -2.16. The number of fused-ring (bicyclic) bond motifs is 2. The van der Waals surface area contributed by atoms with Crippen LogP contribution in [-0.2, 0) is 21.3 Å². The Kier molecular flexibility index (Phi) is 4.68. The molecule has 1 aromatic heterocycles.